The molecule has 0 aliphatic heterocycles. The van der Waals surface area contributed by atoms with Crippen molar-refractivity contribution >= 4 is 22.7 Å². The van der Waals surface area contributed by atoms with E-state index in [4.69, 9.17) is 32.4 Å². The second kappa shape index (κ2) is 14.3. The summed E-state index contributed by atoms with van der Waals surface area (Å²) in [6.07, 6.45) is 0.917. The maximum absolute atomic E-state index is 5.91. The molecule has 0 aliphatic rings. The van der Waals surface area contributed by atoms with Gasteiger partial charge in [-0.05, 0) is 126 Å². The molecule has 0 aromatic heterocycles. The van der Waals surface area contributed by atoms with Crippen molar-refractivity contribution in [3.63, 3.8) is 0 Å². The first-order valence-corrected chi connectivity index (χ1v) is 15.1. The first-order valence-electron chi connectivity index (χ1n) is 15.1. The van der Waals surface area contributed by atoms with Crippen LogP contribution in [0.15, 0.2) is 146 Å². The third kappa shape index (κ3) is 8.61. The Kier molecular flexibility index (Phi) is 9.78. The summed E-state index contributed by atoms with van der Waals surface area (Å²) in [7, 11) is 0. The van der Waals surface area contributed by atoms with Crippen LogP contribution in [0, 0.1) is 0 Å². The molecule has 232 valence electrons. The maximum atomic E-state index is 5.91. The Morgan fingerprint density at radius 2 is 0.609 bits per heavy atom. The van der Waals surface area contributed by atoms with E-state index in [0.717, 1.165) is 40.8 Å². The zero-order chi connectivity index (χ0) is 32.5. The zero-order valence-electron chi connectivity index (χ0n) is 26.2. The molecular weight excluding hydrogens is 568 g/mol. The van der Waals surface area contributed by atoms with Crippen molar-refractivity contribution in [2.75, 3.05) is 22.9 Å². The fourth-order valence-electron chi connectivity index (χ4n) is 4.90. The number of rotatable bonds is 8. The number of hydrogen-bond acceptors (Lipinski definition) is 6. The fourth-order valence-corrected chi connectivity index (χ4v) is 4.90. The Morgan fingerprint density at radius 3 is 0.891 bits per heavy atom. The number of ether oxygens (including phenoxy) is 2. The van der Waals surface area contributed by atoms with E-state index in [2.05, 4.69) is 38.1 Å². The molecule has 8 N–H and O–H groups in total. The van der Waals surface area contributed by atoms with E-state index in [9.17, 15) is 0 Å². The minimum absolute atomic E-state index is 0.167. The summed E-state index contributed by atoms with van der Waals surface area (Å²) in [6.45, 7) is 4.41. The second-order valence-electron chi connectivity index (χ2n) is 11.7. The molecule has 0 bridgehead atoms. The van der Waals surface area contributed by atoms with Gasteiger partial charge >= 0.3 is 0 Å². The summed E-state index contributed by atoms with van der Waals surface area (Å²) in [5.74, 6) is 3.10. The quantitative estimate of drug-likeness (QED) is 0.128. The van der Waals surface area contributed by atoms with Crippen LogP contribution >= 0.6 is 0 Å². The van der Waals surface area contributed by atoms with Gasteiger partial charge in [-0.25, -0.2) is 0 Å². The van der Waals surface area contributed by atoms with Crippen LogP contribution in [0.3, 0.4) is 0 Å². The fraction of sp³-hybridized carbons (Fsp3) is 0.100. The van der Waals surface area contributed by atoms with Crippen LogP contribution in [0.4, 0.5) is 22.7 Å². The standard InChI is InChI=1S/C27H26N2O2.C13H14N2/c1-27(2,19-3-11-23(12-4-19)30-25-15-7-21(28)8-16-25)20-5-13-24(14-6-20)31-26-17-9-22(29)10-18-26;14-12-5-1-10(2-6-12)9-11-3-7-13(15)8-4-11/h3-18H,28-29H2,1-2H3;1-8H,9,14-15H2. The highest BCUT2D eigenvalue weighted by Gasteiger charge is 2.23. The van der Waals surface area contributed by atoms with Crippen molar-refractivity contribution < 1.29 is 9.47 Å². The summed E-state index contributed by atoms with van der Waals surface area (Å²) in [6, 6.07) is 47.0. The molecule has 0 fully saturated rings. The average molecular weight is 609 g/mol. The highest BCUT2D eigenvalue weighted by molar-refractivity contribution is 5.47. The van der Waals surface area contributed by atoms with Crippen LogP contribution in [0.25, 0.3) is 0 Å². The highest BCUT2D eigenvalue weighted by atomic mass is 16.5. The van der Waals surface area contributed by atoms with Gasteiger partial charge < -0.3 is 32.4 Å². The van der Waals surface area contributed by atoms with Gasteiger partial charge in [-0.3, -0.25) is 0 Å². The molecule has 0 saturated carbocycles. The lowest BCUT2D eigenvalue weighted by Crippen LogP contribution is -2.18. The van der Waals surface area contributed by atoms with E-state index in [1.165, 1.54) is 22.3 Å². The predicted octanol–water partition coefficient (Wildman–Crippen LogP) is 9.20. The van der Waals surface area contributed by atoms with Crippen molar-refractivity contribution in [1.29, 1.82) is 0 Å². The minimum atomic E-state index is -0.167. The SMILES string of the molecule is CC(C)(c1ccc(Oc2ccc(N)cc2)cc1)c1ccc(Oc2ccc(N)cc2)cc1.Nc1ccc(Cc2ccc(N)cc2)cc1. The lowest BCUT2D eigenvalue weighted by Gasteiger charge is -2.26. The molecule has 0 amide bonds. The molecule has 0 spiro atoms. The van der Waals surface area contributed by atoms with Crippen molar-refractivity contribution in [3.8, 4) is 23.0 Å². The molecule has 6 aromatic carbocycles. The molecule has 6 heteroatoms. The summed E-state index contributed by atoms with van der Waals surface area (Å²) in [5, 5.41) is 0. The molecule has 0 aliphatic carbocycles. The molecule has 0 saturated heterocycles. The van der Waals surface area contributed by atoms with E-state index < -0.39 is 0 Å². The summed E-state index contributed by atoms with van der Waals surface area (Å²) in [4.78, 5) is 0. The minimum Gasteiger partial charge on any atom is -0.457 e. The van der Waals surface area contributed by atoms with Crippen LogP contribution < -0.4 is 32.4 Å². The Balaban J connectivity index is 0.000000232. The molecule has 6 nitrogen and oxygen atoms in total. The first kappa shape index (κ1) is 31.5. The lowest BCUT2D eigenvalue weighted by atomic mass is 9.78. The van der Waals surface area contributed by atoms with Crippen LogP contribution in [0.1, 0.15) is 36.1 Å². The Bertz CT molecular complexity index is 1680. The number of benzene rings is 6. The van der Waals surface area contributed by atoms with E-state index in [-0.39, 0.29) is 5.41 Å². The topological polar surface area (TPSA) is 123 Å². The van der Waals surface area contributed by atoms with Gasteiger partial charge in [0.15, 0.2) is 0 Å². The van der Waals surface area contributed by atoms with Gasteiger partial charge in [0, 0.05) is 28.2 Å². The van der Waals surface area contributed by atoms with Gasteiger partial charge in [0.1, 0.15) is 23.0 Å². The van der Waals surface area contributed by atoms with Crippen molar-refractivity contribution in [2.24, 2.45) is 0 Å². The van der Waals surface area contributed by atoms with Crippen LogP contribution in [-0.4, -0.2) is 0 Å². The van der Waals surface area contributed by atoms with Gasteiger partial charge in [-0.15, -0.1) is 0 Å². The Labute approximate surface area is 271 Å². The monoisotopic (exact) mass is 608 g/mol. The Morgan fingerprint density at radius 1 is 0.370 bits per heavy atom. The summed E-state index contributed by atoms with van der Waals surface area (Å²) < 4.78 is 11.8. The normalized spacial score (nSPS) is 10.8. The van der Waals surface area contributed by atoms with Crippen LogP contribution in [0.5, 0.6) is 23.0 Å². The molecular formula is C40H40N4O2. The maximum Gasteiger partial charge on any atom is 0.127 e. The number of anilines is 4. The number of nitrogens with two attached hydrogens (primary N) is 4. The number of nitrogen functional groups attached to an aromatic ring is 4. The zero-order valence-corrected chi connectivity index (χ0v) is 26.2. The molecule has 0 unspecified atom stereocenters. The first-order chi connectivity index (χ1) is 22.1. The lowest BCUT2D eigenvalue weighted by molar-refractivity contribution is 0.481. The molecule has 6 rings (SSSR count). The molecule has 6 aromatic rings. The molecule has 0 radical (unpaired) electrons. The van der Waals surface area contributed by atoms with E-state index in [0.29, 0.717) is 11.4 Å². The third-order valence-electron chi connectivity index (χ3n) is 7.75. The number of hydrogen-bond donors (Lipinski definition) is 4. The van der Waals surface area contributed by atoms with Gasteiger partial charge in [0.2, 0.25) is 0 Å². The van der Waals surface area contributed by atoms with Gasteiger partial charge in [0.05, 0.1) is 0 Å². The van der Waals surface area contributed by atoms with Gasteiger partial charge in [-0.2, -0.15) is 0 Å². The molecule has 46 heavy (non-hydrogen) atoms. The predicted molar refractivity (Wildman–Crippen MR) is 191 cm³/mol. The molecule has 0 heterocycles. The summed E-state index contributed by atoms with van der Waals surface area (Å²) in [5.41, 5.74) is 30.5. The van der Waals surface area contributed by atoms with E-state index in [1.54, 1.807) is 0 Å². The van der Waals surface area contributed by atoms with Crippen LogP contribution in [-0.2, 0) is 11.8 Å². The van der Waals surface area contributed by atoms with Crippen molar-refractivity contribution in [3.05, 3.63) is 168 Å². The van der Waals surface area contributed by atoms with Gasteiger partial charge in [-0.1, -0.05) is 62.4 Å². The Hall–Kier alpha value is -5.88. The highest BCUT2D eigenvalue weighted by Crippen LogP contribution is 2.35. The van der Waals surface area contributed by atoms with Gasteiger partial charge in [0.25, 0.3) is 0 Å². The van der Waals surface area contributed by atoms with Crippen molar-refractivity contribution in [2.45, 2.75) is 25.7 Å². The van der Waals surface area contributed by atoms with Crippen LogP contribution in [0.2, 0.25) is 0 Å². The molecule has 0 atom stereocenters. The average Bonchev–Trinajstić information content (AvgIpc) is 3.06. The van der Waals surface area contributed by atoms with Crippen molar-refractivity contribution in [1.82, 2.24) is 0 Å². The second-order valence-corrected chi connectivity index (χ2v) is 11.7. The largest absolute Gasteiger partial charge is 0.457 e. The third-order valence-corrected chi connectivity index (χ3v) is 7.75. The smallest absolute Gasteiger partial charge is 0.127 e. The summed E-state index contributed by atoms with van der Waals surface area (Å²) >= 11 is 0. The van der Waals surface area contributed by atoms with E-state index in [1.807, 2.05) is 121 Å². The van der Waals surface area contributed by atoms with E-state index >= 15 is 0 Å².